The van der Waals surface area contributed by atoms with Crippen LogP contribution in [0.4, 0.5) is 5.69 Å². The summed E-state index contributed by atoms with van der Waals surface area (Å²) < 4.78 is 0. The Labute approximate surface area is 117 Å². The van der Waals surface area contributed by atoms with Crippen molar-refractivity contribution in [3.63, 3.8) is 0 Å². The fourth-order valence-corrected chi connectivity index (χ4v) is 3.38. The molecule has 0 aromatic heterocycles. The molecule has 1 aromatic rings. The lowest BCUT2D eigenvalue weighted by Crippen LogP contribution is -2.46. The number of nitrogens with zero attached hydrogens (tertiary/aromatic N) is 1. The number of benzene rings is 1. The molecule has 1 fully saturated rings. The number of rotatable bonds is 3. The van der Waals surface area contributed by atoms with Gasteiger partial charge in [-0.2, -0.15) is 0 Å². The fraction of sp³-hybridized carbons (Fsp3) is 0.647. The third-order valence-corrected chi connectivity index (χ3v) is 4.85. The highest BCUT2D eigenvalue weighted by Gasteiger charge is 2.35. The first-order valence-corrected chi connectivity index (χ1v) is 7.38. The predicted octanol–water partition coefficient (Wildman–Crippen LogP) is 3.54. The molecule has 1 saturated heterocycles. The van der Waals surface area contributed by atoms with E-state index in [0.717, 1.165) is 19.5 Å². The Morgan fingerprint density at radius 2 is 2.05 bits per heavy atom. The minimum atomic E-state index is 0.275. The van der Waals surface area contributed by atoms with E-state index in [9.17, 15) is 5.11 Å². The van der Waals surface area contributed by atoms with E-state index in [2.05, 4.69) is 50.8 Å². The highest BCUT2D eigenvalue weighted by atomic mass is 16.3. The molecule has 106 valence electrons. The van der Waals surface area contributed by atoms with Crippen molar-refractivity contribution in [3.8, 4) is 0 Å². The highest BCUT2D eigenvalue weighted by molar-refractivity contribution is 5.56. The van der Waals surface area contributed by atoms with Crippen LogP contribution in [0.1, 0.15) is 37.8 Å². The lowest BCUT2D eigenvalue weighted by atomic mass is 9.72. The molecule has 1 aliphatic rings. The Balaban J connectivity index is 2.19. The number of hydrogen-bond acceptors (Lipinski definition) is 2. The summed E-state index contributed by atoms with van der Waals surface area (Å²) in [7, 11) is 0. The van der Waals surface area contributed by atoms with Crippen LogP contribution in [-0.4, -0.2) is 24.8 Å². The summed E-state index contributed by atoms with van der Waals surface area (Å²) in [5, 5.41) is 9.20. The standard InChI is InChI=1S/C17H27NO/c1-13-6-5-7-16(14(13)2)18-10-8-15(9-11-19)17(3,4)12-18/h5-7,15,19H,8-12H2,1-4H3. The van der Waals surface area contributed by atoms with Crippen LogP contribution in [0, 0.1) is 25.2 Å². The van der Waals surface area contributed by atoms with Crippen LogP contribution in [0.15, 0.2) is 18.2 Å². The van der Waals surface area contributed by atoms with Crippen molar-refractivity contribution in [2.45, 2.75) is 40.5 Å². The smallest absolute Gasteiger partial charge is 0.0433 e. The maximum absolute atomic E-state index is 9.20. The Kier molecular flexibility index (Phi) is 4.19. The van der Waals surface area contributed by atoms with Gasteiger partial charge in [-0.25, -0.2) is 0 Å². The average molecular weight is 261 g/mol. The molecule has 0 amide bonds. The second-order valence-corrected chi connectivity index (χ2v) is 6.63. The van der Waals surface area contributed by atoms with Crippen molar-refractivity contribution in [1.29, 1.82) is 0 Å². The van der Waals surface area contributed by atoms with Crippen molar-refractivity contribution in [3.05, 3.63) is 29.3 Å². The van der Waals surface area contributed by atoms with Crippen molar-refractivity contribution in [1.82, 2.24) is 0 Å². The summed E-state index contributed by atoms with van der Waals surface area (Å²) in [4.78, 5) is 2.52. The Hall–Kier alpha value is -1.02. The molecule has 1 N–H and O–H groups in total. The van der Waals surface area contributed by atoms with Crippen LogP contribution >= 0.6 is 0 Å². The van der Waals surface area contributed by atoms with E-state index >= 15 is 0 Å². The fourth-order valence-electron chi connectivity index (χ4n) is 3.38. The third kappa shape index (κ3) is 2.94. The Morgan fingerprint density at radius 3 is 2.68 bits per heavy atom. The largest absolute Gasteiger partial charge is 0.396 e. The molecule has 1 unspecified atom stereocenters. The monoisotopic (exact) mass is 261 g/mol. The summed E-state index contributed by atoms with van der Waals surface area (Å²) in [5.41, 5.74) is 4.43. The van der Waals surface area contributed by atoms with Gasteiger partial charge in [0.25, 0.3) is 0 Å². The van der Waals surface area contributed by atoms with Crippen LogP contribution in [0.2, 0.25) is 0 Å². The molecule has 0 bridgehead atoms. The molecule has 0 saturated carbocycles. The van der Waals surface area contributed by atoms with Gasteiger partial charge in [0.05, 0.1) is 0 Å². The second kappa shape index (κ2) is 5.54. The van der Waals surface area contributed by atoms with E-state index in [1.165, 1.54) is 23.2 Å². The van der Waals surface area contributed by atoms with Crippen molar-refractivity contribution >= 4 is 5.69 Å². The van der Waals surface area contributed by atoms with Gasteiger partial charge in [0.1, 0.15) is 0 Å². The average Bonchev–Trinajstić information content (AvgIpc) is 2.35. The molecule has 1 atom stereocenters. The molecule has 1 aromatic carbocycles. The van der Waals surface area contributed by atoms with Crippen LogP contribution in [0.25, 0.3) is 0 Å². The molecular weight excluding hydrogens is 234 g/mol. The van der Waals surface area contributed by atoms with Gasteiger partial charge in [0.2, 0.25) is 0 Å². The zero-order chi connectivity index (χ0) is 14.0. The predicted molar refractivity (Wildman–Crippen MR) is 81.7 cm³/mol. The molecule has 0 aliphatic carbocycles. The van der Waals surface area contributed by atoms with E-state index in [0.29, 0.717) is 12.5 Å². The van der Waals surface area contributed by atoms with Crippen molar-refractivity contribution < 1.29 is 5.11 Å². The zero-order valence-electron chi connectivity index (χ0n) is 12.7. The molecule has 2 heteroatoms. The molecule has 1 aliphatic heterocycles. The van der Waals surface area contributed by atoms with Crippen LogP contribution in [0.3, 0.4) is 0 Å². The van der Waals surface area contributed by atoms with Crippen LogP contribution in [-0.2, 0) is 0 Å². The van der Waals surface area contributed by atoms with E-state index in [1.807, 2.05) is 0 Å². The number of hydrogen-bond donors (Lipinski definition) is 1. The summed E-state index contributed by atoms with van der Waals surface area (Å²) in [5.74, 6) is 0.638. The van der Waals surface area contributed by atoms with Crippen molar-refractivity contribution in [2.24, 2.45) is 11.3 Å². The topological polar surface area (TPSA) is 23.5 Å². The van der Waals surface area contributed by atoms with E-state index in [1.54, 1.807) is 0 Å². The summed E-state index contributed by atoms with van der Waals surface area (Å²) in [6.45, 7) is 11.6. The molecule has 19 heavy (non-hydrogen) atoms. The van der Waals surface area contributed by atoms with Gasteiger partial charge in [-0.1, -0.05) is 26.0 Å². The SMILES string of the molecule is Cc1cccc(N2CCC(CCO)C(C)(C)C2)c1C. The maximum Gasteiger partial charge on any atom is 0.0433 e. The molecule has 2 rings (SSSR count). The van der Waals surface area contributed by atoms with E-state index in [4.69, 9.17) is 0 Å². The minimum absolute atomic E-state index is 0.275. The maximum atomic E-state index is 9.20. The number of piperidine rings is 1. The normalized spacial score (nSPS) is 22.6. The van der Waals surface area contributed by atoms with Gasteiger partial charge in [-0.05, 0) is 55.2 Å². The van der Waals surface area contributed by atoms with E-state index < -0.39 is 0 Å². The number of aliphatic hydroxyl groups is 1. The molecular formula is C17H27NO. The zero-order valence-corrected chi connectivity index (χ0v) is 12.7. The Morgan fingerprint density at radius 1 is 1.32 bits per heavy atom. The summed E-state index contributed by atoms with van der Waals surface area (Å²) in [6.07, 6.45) is 2.12. The molecule has 1 heterocycles. The van der Waals surface area contributed by atoms with Crippen LogP contribution < -0.4 is 4.90 Å². The summed E-state index contributed by atoms with van der Waals surface area (Å²) in [6, 6.07) is 6.58. The van der Waals surface area contributed by atoms with Gasteiger partial charge in [0.15, 0.2) is 0 Å². The number of aliphatic hydroxyl groups excluding tert-OH is 1. The summed E-state index contributed by atoms with van der Waals surface area (Å²) >= 11 is 0. The minimum Gasteiger partial charge on any atom is -0.396 e. The Bertz CT molecular complexity index is 439. The molecule has 0 spiro atoms. The van der Waals surface area contributed by atoms with Gasteiger partial charge in [-0.3, -0.25) is 0 Å². The highest BCUT2D eigenvalue weighted by Crippen LogP contribution is 2.39. The van der Waals surface area contributed by atoms with Gasteiger partial charge >= 0.3 is 0 Å². The first kappa shape index (κ1) is 14.4. The first-order chi connectivity index (χ1) is 8.95. The number of anilines is 1. The number of aryl methyl sites for hydroxylation is 1. The third-order valence-electron chi connectivity index (χ3n) is 4.85. The van der Waals surface area contributed by atoms with Crippen molar-refractivity contribution in [2.75, 3.05) is 24.6 Å². The lowest BCUT2D eigenvalue weighted by Gasteiger charge is -2.46. The molecule has 0 radical (unpaired) electrons. The van der Waals surface area contributed by atoms with Gasteiger partial charge in [-0.15, -0.1) is 0 Å². The van der Waals surface area contributed by atoms with Crippen LogP contribution in [0.5, 0.6) is 0 Å². The van der Waals surface area contributed by atoms with Gasteiger partial charge < -0.3 is 10.0 Å². The van der Waals surface area contributed by atoms with Gasteiger partial charge in [0, 0.05) is 25.4 Å². The second-order valence-electron chi connectivity index (χ2n) is 6.63. The molecule has 2 nitrogen and oxygen atoms in total. The quantitative estimate of drug-likeness (QED) is 0.899. The lowest BCUT2D eigenvalue weighted by molar-refractivity contribution is 0.134. The van der Waals surface area contributed by atoms with E-state index in [-0.39, 0.29) is 5.41 Å². The first-order valence-electron chi connectivity index (χ1n) is 7.38.